The number of aliphatic imine (C=N–C) groups is 1. The van der Waals surface area contributed by atoms with Gasteiger partial charge in [0.1, 0.15) is 0 Å². The van der Waals surface area contributed by atoms with Crippen molar-refractivity contribution in [1.82, 2.24) is 0 Å². The molecule has 5 nitrogen and oxygen atoms in total. The minimum absolute atomic E-state index is 0. The first-order valence-corrected chi connectivity index (χ1v) is 9.49. The van der Waals surface area contributed by atoms with Crippen LogP contribution < -0.4 is 11.1 Å². The van der Waals surface area contributed by atoms with Gasteiger partial charge in [0.05, 0.1) is 11.4 Å². The van der Waals surface area contributed by atoms with Crippen molar-refractivity contribution in [3.05, 3.63) is 58.7 Å². The molecule has 0 spiro atoms. The number of nitrogens with zero attached hydrogens (tertiary/aromatic N) is 1. The van der Waals surface area contributed by atoms with E-state index in [0.717, 1.165) is 22.4 Å². The maximum Gasteiger partial charge on any atom is 0.193 e. The summed E-state index contributed by atoms with van der Waals surface area (Å²) in [6.07, 6.45) is 1.21. The Kier molecular flexibility index (Phi) is 7.43. The number of benzene rings is 2. The molecule has 0 aliphatic carbocycles. The molecule has 136 valence electrons. The van der Waals surface area contributed by atoms with Gasteiger partial charge in [-0.1, -0.05) is 18.2 Å². The van der Waals surface area contributed by atoms with Gasteiger partial charge in [-0.05, 0) is 61.2 Å². The van der Waals surface area contributed by atoms with Gasteiger partial charge in [-0.25, -0.2) is 13.4 Å². The van der Waals surface area contributed by atoms with Crippen molar-refractivity contribution >= 4 is 45.5 Å². The topological polar surface area (TPSA) is 84.5 Å². The van der Waals surface area contributed by atoms with E-state index in [2.05, 4.69) is 16.4 Å². The fraction of sp³-hybridized carbons (Fsp3) is 0.278. The summed E-state index contributed by atoms with van der Waals surface area (Å²) in [5.74, 6) is 0.324. The Hall–Kier alpha value is -1.61. The monoisotopic (exact) mass is 473 g/mol. The van der Waals surface area contributed by atoms with Crippen LogP contribution >= 0.6 is 24.0 Å². The van der Waals surface area contributed by atoms with Gasteiger partial charge in [0.15, 0.2) is 15.8 Å². The minimum atomic E-state index is -3.20. The van der Waals surface area contributed by atoms with Crippen LogP contribution in [0.2, 0.25) is 0 Å². The second-order valence-electron chi connectivity index (χ2n) is 6.07. The van der Waals surface area contributed by atoms with E-state index >= 15 is 0 Å². The molecule has 2 aromatic carbocycles. The van der Waals surface area contributed by atoms with Gasteiger partial charge in [-0.15, -0.1) is 24.0 Å². The Morgan fingerprint density at radius 1 is 1.08 bits per heavy atom. The smallest absolute Gasteiger partial charge is 0.193 e. The largest absolute Gasteiger partial charge is 0.370 e. The Morgan fingerprint density at radius 3 is 2.20 bits per heavy atom. The third-order valence-electron chi connectivity index (χ3n) is 3.56. The highest BCUT2D eigenvalue weighted by molar-refractivity contribution is 14.0. The van der Waals surface area contributed by atoms with Crippen LogP contribution in [0.1, 0.15) is 22.3 Å². The van der Waals surface area contributed by atoms with E-state index < -0.39 is 9.84 Å². The van der Waals surface area contributed by atoms with Gasteiger partial charge in [0.2, 0.25) is 0 Å². The first-order chi connectivity index (χ1) is 11.1. The lowest BCUT2D eigenvalue weighted by Gasteiger charge is -2.09. The van der Waals surface area contributed by atoms with Gasteiger partial charge in [-0.2, -0.15) is 0 Å². The van der Waals surface area contributed by atoms with Crippen molar-refractivity contribution in [3.63, 3.8) is 0 Å². The highest BCUT2D eigenvalue weighted by Gasteiger charge is 2.10. The summed E-state index contributed by atoms with van der Waals surface area (Å²) < 4.78 is 23.3. The number of nitrogens with one attached hydrogen (secondary N) is 1. The van der Waals surface area contributed by atoms with Crippen molar-refractivity contribution in [3.8, 4) is 0 Å². The summed E-state index contributed by atoms with van der Waals surface area (Å²) in [4.78, 5) is 4.66. The number of halogens is 1. The van der Waals surface area contributed by atoms with E-state index in [9.17, 15) is 8.42 Å². The molecule has 25 heavy (non-hydrogen) atoms. The van der Waals surface area contributed by atoms with Crippen molar-refractivity contribution < 1.29 is 8.42 Å². The summed E-state index contributed by atoms with van der Waals surface area (Å²) in [6.45, 7) is 6.21. The van der Waals surface area contributed by atoms with Crippen molar-refractivity contribution in [2.45, 2.75) is 32.2 Å². The highest BCUT2D eigenvalue weighted by Crippen LogP contribution is 2.17. The molecule has 0 saturated heterocycles. The van der Waals surface area contributed by atoms with Crippen LogP contribution in [-0.2, 0) is 16.4 Å². The van der Waals surface area contributed by atoms with E-state index in [0.29, 0.717) is 23.0 Å². The zero-order valence-corrected chi connectivity index (χ0v) is 18.0. The molecule has 0 saturated carbocycles. The Bertz CT molecular complexity index is 873. The highest BCUT2D eigenvalue weighted by atomic mass is 127. The number of anilines is 1. The summed E-state index contributed by atoms with van der Waals surface area (Å²) in [7, 11) is -3.20. The average Bonchev–Trinajstić information content (AvgIpc) is 2.42. The second-order valence-corrected chi connectivity index (χ2v) is 8.06. The van der Waals surface area contributed by atoms with Crippen LogP contribution in [0.25, 0.3) is 0 Å². The van der Waals surface area contributed by atoms with Gasteiger partial charge in [0, 0.05) is 11.9 Å². The van der Waals surface area contributed by atoms with Crippen LogP contribution in [0.5, 0.6) is 0 Å². The lowest BCUT2D eigenvalue weighted by molar-refractivity contribution is 0.601. The molecule has 0 radical (unpaired) electrons. The normalized spacial score (nSPS) is 11.8. The lowest BCUT2D eigenvalue weighted by Crippen LogP contribution is -2.22. The first kappa shape index (κ1) is 21.4. The van der Waals surface area contributed by atoms with Crippen molar-refractivity contribution in [2.24, 2.45) is 10.7 Å². The molecule has 0 aliphatic rings. The predicted octanol–water partition coefficient (Wildman–Crippen LogP) is 3.56. The number of aryl methyl sites for hydroxylation is 3. The molecule has 2 aromatic rings. The maximum absolute atomic E-state index is 11.6. The zero-order valence-electron chi connectivity index (χ0n) is 14.8. The Balaban J connectivity index is 0.00000312. The molecule has 0 aliphatic heterocycles. The number of guanidine groups is 1. The molecule has 0 aromatic heterocycles. The van der Waals surface area contributed by atoms with E-state index in [1.54, 1.807) is 19.1 Å². The summed E-state index contributed by atoms with van der Waals surface area (Å²) in [5, 5.41) is 3.08. The fourth-order valence-corrected chi connectivity index (χ4v) is 3.60. The number of sulfone groups is 1. The number of rotatable bonds is 4. The van der Waals surface area contributed by atoms with Crippen molar-refractivity contribution in [1.29, 1.82) is 0 Å². The van der Waals surface area contributed by atoms with E-state index in [4.69, 9.17) is 5.73 Å². The van der Waals surface area contributed by atoms with Crippen LogP contribution in [0.15, 0.2) is 46.3 Å². The van der Waals surface area contributed by atoms with E-state index in [1.165, 1.54) is 6.26 Å². The average molecular weight is 473 g/mol. The molecule has 3 N–H and O–H groups in total. The summed E-state index contributed by atoms with van der Waals surface area (Å²) in [5.41, 5.74) is 10.8. The second kappa shape index (κ2) is 8.66. The number of hydrogen-bond donors (Lipinski definition) is 2. The van der Waals surface area contributed by atoms with E-state index in [-0.39, 0.29) is 24.0 Å². The maximum atomic E-state index is 11.6. The Morgan fingerprint density at radius 2 is 1.68 bits per heavy atom. The van der Waals surface area contributed by atoms with Crippen LogP contribution in [-0.4, -0.2) is 20.6 Å². The summed E-state index contributed by atoms with van der Waals surface area (Å²) >= 11 is 0. The van der Waals surface area contributed by atoms with Crippen LogP contribution in [0.3, 0.4) is 0 Å². The quantitative estimate of drug-likeness (QED) is 0.404. The lowest BCUT2D eigenvalue weighted by atomic mass is 10.1. The van der Waals surface area contributed by atoms with E-state index in [1.807, 2.05) is 32.0 Å². The predicted molar refractivity (Wildman–Crippen MR) is 115 cm³/mol. The van der Waals surface area contributed by atoms with Gasteiger partial charge < -0.3 is 11.1 Å². The van der Waals surface area contributed by atoms with Crippen molar-refractivity contribution in [2.75, 3.05) is 11.6 Å². The molecule has 0 unspecified atom stereocenters. The number of hydrogen-bond acceptors (Lipinski definition) is 3. The molecule has 0 amide bonds. The molecule has 2 rings (SSSR count). The van der Waals surface area contributed by atoms with Crippen LogP contribution in [0, 0.1) is 20.8 Å². The molecular formula is C18H24IN3O2S. The SMILES string of the molecule is Cc1cc(C)cc(NC(N)=NCc2ccc(S(C)(=O)=O)c(C)c2)c1.I. The van der Waals surface area contributed by atoms with Gasteiger partial charge in [-0.3, -0.25) is 0 Å². The fourth-order valence-electron chi connectivity index (χ4n) is 2.64. The van der Waals surface area contributed by atoms with Gasteiger partial charge in [0.25, 0.3) is 0 Å². The zero-order chi connectivity index (χ0) is 17.9. The molecular weight excluding hydrogens is 449 g/mol. The molecule has 0 atom stereocenters. The first-order valence-electron chi connectivity index (χ1n) is 7.60. The van der Waals surface area contributed by atoms with Gasteiger partial charge >= 0.3 is 0 Å². The number of nitrogens with two attached hydrogens (primary N) is 1. The molecule has 0 heterocycles. The minimum Gasteiger partial charge on any atom is -0.370 e. The third-order valence-corrected chi connectivity index (χ3v) is 4.82. The summed E-state index contributed by atoms with van der Waals surface area (Å²) in [6, 6.07) is 11.3. The molecule has 0 bridgehead atoms. The molecule has 0 fully saturated rings. The Labute approximate surface area is 166 Å². The third kappa shape index (κ3) is 6.32. The molecule has 7 heteroatoms. The standard InChI is InChI=1S/C18H23N3O2S.HI/c1-12-7-13(2)9-16(8-12)21-18(19)20-11-15-5-6-17(14(3)10-15)24(4,22)23;/h5-10H,11H2,1-4H3,(H3,19,20,21);1H. The van der Waals surface area contributed by atoms with Crippen LogP contribution in [0.4, 0.5) is 5.69 Å².